The van der Waals surface area contributed by atoms with E-state index in [0.717, 1.165) is 16.8 Å². The number of methoxy groups -OCH3 is 1. The molecule has 1 atom stereocenters. The Bertz CT molecular complexity index is 1460. The minimum atomic E-state index is -0.331. The van der Waals surface area contributed by atoms with Gasteiger partial charge in [0.1, 0.15) is 6.33 Å². The fourth-order valence-corrected chi connectivity index (χ4v) is 5.17. The minimum Gasteiger partial charge on any atom is -0.493 e. The summed E-state index contributed by atoms with van der Waals surface area (Å²) >= 11 is 0. The highest BCUT2D eigenvalue weighted by Gasteiger charge is 2.30. The zero-order chi connectivity index (χ0) is 26.4. The molecule has 196 valence electrons. The van der Waals surface area contributed by atoms with Gasteiger partial charge in [-0.15, -0.1) is 0 Å². The molecule has 1 aliphatic rings. The van der Waals surface area contributed by atoms with E-state index in [4.69, 9.17) is 4.74 Å². The first kappa shape index (κ1) is 24.9. The molecule has 1 aliphatic heterocycles. The van der Waals surface area contributed by atoms with E-state index in [0.29, 0.717) is 54.3 Å². The molecule has 4 aromatic rings. The van der Waals surface area contributed by atoms with Crippen LogP contribution in [-0.4, -0.2) is 93.7 Å². The van der Waals surface area contributed by atoms with Gasteiger partial charge in [0.2, 0.25) is 5.91 Å². The van der Waals surface area contributed by atoms with Gasteiger partial charge in [-0.25, -0.2) is 18.9 Å². The number of aromatic amines is 1. The van der Waals surface area contributed by atoms with Gasteiger partial charge in [0.25, 0.3) is 0 Å². The summed E-state index contributed by atoms with van der Waals surface area (Å²) in [5.74, 6) is 0.699. The number of rotatable bonds is 6. The van der Waals surface area contributed by atoms with Crippen molar-refractivity contribution in [2.75, 3.05) is 52.3 Å². The maximum Gasteiger partial charge on any atom is 0.236 e. The Morgan fingerprint density at radius 2 is 2.08 bits per heavy atom. The number of anilines is 1. The molecule has 0 aliphatic carbocycles. The number of likely N-dealkylation sites (N-methyl/N-ethyl adjacent to an activating group) is 1. The van der Waals surface area contributed by atoms with E-state index in [1.165, 1.54) is 6.33 Å². The summed E-state index contributed by atoms with van der Waals surface area (Å²) < 4.78 is 23.5. The van der Waals surface area contributed by atoms with Crippen molar-refractivity contribution in [1.29, 1.82) is 0 Å². The summed E-state index contributed by atoms with van der Waals surface area (Å²) in [6.07, 6.45) is 5.05. The Balaban J connectivity index is 1.54. The Kier molecular flexibility index (Phi) is 6.49. The average molecular weight is 509 g/mol. The number of nitrogens with zero attached hydrogens (tertiary/aromatic N) is 7. The van der Waals surface area contributed by atoms with Crippen LogP contribution in [0.15, 0.2) is 24.8 Å². The molecule has 11 heteroatoms. The number of halogens is 1. The maximum atomic E-state index is 16.3. The molecule has 1 unspecified atom stereocenters. The number of H-pyrrole nitrogens is 1. The number of piperazine rings is 1. The van der Waals surface area contributed by atoms with Crippen LogP contribution in [0.1, 0.15) is 32.3 Å². The quantitative estimate of drug-likeness (QED) is 0.428. The molecule has 0 bridgehead atoms. The average Bonchev–Trinajstić information content (AvgIpc) is 3.49. The Labute approximate surface area is 215 Å². The van der Waals surface area contributed by atoms with Crippen LogP contribution in [0, 0.1) is 5.82 Å². The smallest absolute Gasteiger partial charge is 0.236 e. The number of amides is 1. The molecular formula is C26H33FN8O2. The number of hydrogen-bond donors (Lipinski definition) is 1. The molecular weight excluding hydrogens is 475 g/mol. The second-order valence-electron chi connectivity index (χ2n) is 10.1. The SMILES string of the molecule is COc1cc(-c2[nH]c3cnc(N4CCN(CC(=O)N(C)C)CC4C)c(F)c3c2C(C)C)cn2ncnc12. The van der Waals surface area contributed by atoms with Gasteiger partial charge in [-0.1, -0.05) is 13.8 Å². The lowest BCUT2D eigenvalue weighted by atomic mass is 9.96. The van der Waals surface area contributed by atoms with Crippen molar-refractivity contribution in [1.82, 2.24) is 34.4 Å². The molecule has 0 saturated carbocycles. The predicted octanol–water partition coefficient (Wildman–Crippen LogP) is 3.14. The van der Waals surface area contributed by atoms with Gasteiger partial charge in [0, 0.05) is 56.9 Å². The predicted molar refractivity (Wildman–Crippen MR) is 141 cm³/mol. The van der Waals surface area contributed by atoms with Crippen molar-refractivity contribution in [3.05, 3.63) is 36.2 Å². The first-order valence-electron chi connectivity index (χ1n) is 12.5. The topological polar surface area (TPSA) is 94.9 Å². The third-order valence-electron chi connectivity index (χ3n) is 7.07. The van der Waals surface area contributed by atoms with Gasteiger partial charge in [0.05, 0.1) is 31.1 Å². The normalized spacial score (nSPS) is 16.8. The summed E-state index contributed by atoms with van der Waals surface area (Å²) in [4.78, 5) is 30.1. The molecule has 0 aromatic carbocycles. The standard InChI is InChI=1S/C26H33FN8O2/c1-15(2)21-22-18(31-24(21)17-9-19(37-6)25-29-14-30-35(25)12-17)10-28-26(23(22)27)34-8-7-33(11-16(34)3)13-20(36)32(4)5/h9-10,12,14-16,31H,7-8,11,13H2,1-6H3. The number of carbonyl (C=O) groups is 1. The molecule has 1 fully saturated rings. The molecule has 4 aromatic heterocycles. The molecule has 0 spiro atoms. The van der Waals surface area contributed by atoms with Crippen LogP contribution in [-0.2, 0) is 4.79 Å². The van der Waals surface area contributed by atoms with Crippen LogP contribution >= 0.6 is 0 Å². The fraction of sp³-hybridized carbons (Fsp3) is 0.462. The third kappa shape index (κ3) is 4.37. The van der Waals surface area contributed by atoms with E-state index in [1.54, 1.807) is 36.8 Å². The largest absolute Gasteiger partial charge is 0.493 e. The second-order valence-corrected chi connectivity index (χ2v) is 10.1. The van der Waals surface area contributed by atoms with Crippen LogP contribution < -0.4 is 9.64 Å². The molecule has 1 saturated heterocycles. The third-order valence-corrected chi connectivity index (χ3v) is 7.07. The molecule has 1 N–H and O–H groups in total. The number of aromatic nitrogens is 5. The highest BCUT2D eigenvalue weighted by Crippen LogP contribution is 2.40. The second kappa shape index (κ2) is 9.62. The Morgan fingerprint density at radius 3 is 2.76 bits per heavy atom. The highest BCUT2D eigenvalue weighted by atomic mass is 19.1. The number of carbonyl (C=O) groups excluding carboxylic acids is 1. The lowest BCUT2D eigenvalue weighted by molar-refractivity contribution is -0.130. The summed E-state index contributed by atoms with van der Waals surface area (Å²) in [5.41, 5.74) is 3.76. The van der Waals surface area contributed by atoms with Crippen LogP contribution in [0.3, 0.4) is 0 Å². The van der Waals surface area contributed by atoms with Crippen molar-refractivity contribution < 1.29 is 13.9 Å². The van der Waals surface area contributed by atoms with Gasteiger partial charge in [0.15, 0.2) is 23.0 Å². The van der Waals surface area contributed by atoms with Crippen LogP contribution in [0.25, 0.3) is 27.8 Å². The van der Waals surface area contributed by atoms with E-state index in [2.05, 4.69) is 38.8 Å². The Hall–Kier alpha value is -3.73. The summed E-state index contributed by atoms with van der Waals surface area (Å²) in [7, 11) is 5.11. The number of fused-ring (bicyclic) bond motifs is 2. The summed E-state index contributed by atoms with van der Waals surface area (Å²) in [6.45, 7) is 8.43. The molecule has 5 rings (SSSR count). The van der Waals surface area contributed by atoms with Crippen molar-refractivity contribution in [2.24, 2.45) is 0 Å². The zero-order valence-electron chi connectivity index (χ0n) is 22.1. The van der Waals surface area contributed by atoms with Crippen LogP contribution in [0.2, 0.25) is 0 Å². The number of ether oxygens (including phenoxy) is 1. The zero-order valence-corrected chi connectivity index (χ0v) is 22.1. The van der Waals surface area contributed by atoms with E-state index < -0.39 is 0 Å². The lowest BCUT2D eigenvalue weighted by Crippen LogP contribution is -2.54. The molecule has 1 amide bonds. The number of hydrogen-bond acceptors (Lipinski definition) is 7. The first-order valence-corrected chi connectivity index (χ1v) is 12.5. The van der Waals surface area contributed by atoms with Gasteiger partial charge in [-0.05, 0) is 24.5 Å². The van der Waals surface area contributed by atoms with Crippen LogP contribution in [0.4, 0.5) is 10.2 Å². The van der Waals surface area contributed by atoms with Crippen LogP contribution in [0.5, 0.6) is 5.75 Å². The molecule has 5 heterocycles. The molecule has 0 radical (unpaired) electrons. The van der Waals surface area contributed by atoms with Crippen molar-refractivity contribution >= 4 is 28.3 Å². The number of pyridine rings is 2. The van der Waals surface area contributed by atoms with E-state index in [-0.39, 0.29) is 23.7 Å². The maximum absolute atomic E-state index is 16.3. The fourth-order valence-electron chi connectivity index (χ4n) is 5.17. The molecule has 37 heavy (non-hydrogen) atoms. The minimum absolute atomic E-state index is 0.00283. The summed E-state index contributed by atoms with van der Waals surface area (Å²) in [5, 5.41) is 4.81. The van der Waals surface area contributed by atoms with Crippen molar-refractivity contribution in [3.63, 3.8) is 0 Å². The first-order chi connectivity index (χ1) is 17.7. The lowest BCUT2D eigenvalue weighted by Gasteiger charge is -2.40. The van der Waals surface area contributed by atoms with E-state index in [1.807, 2.05) is 24.1 Å². The Morgan fingerprint density at radius 1 is 1.30 bits per heavy atom. The van der Waals surface area contributed by atoms with Gasteiger partial charge in [-0.3, -0.25) is 9.69 Å². The van der Waals surface area contributed by atoms with Gasteiger partial charge in [-0.2, -0.15) is 5.10 Å². The van der Waals surface area contributed by atoms with E-state index in [9.17, 15) is 4.79 Å². The van der Waals surface area contributed by atoms with E-state index >= 15 is 4.39 Å². The van der Waals surface area contributed by atoms with Crippen molar-refractivity contribution in [2.45, 2.75) is 32.7 Å². The van der Waals surface area contributed by atoms with Gasteiger partial charge >= 0.3 is 0 Å². The molecule has 10 nitrogen and oxygen atoms in total. The van der Waals surface area contributed by atoms with Gasteiger partial charge < -0.3 is 19.5 Å². The number of nitrogens with one attached hydrogen (secondary N) is 1. The van der Waals surface area contributed by atoms with Crippen molar-refractivity contribution in [3.8, 4) is 17.0 Å². The summed E-state index contributed by atoms with van der Waals surface area (Å²) in [6, 6.07) is 1.89. The monoisotopic (exact) mass is 508 g/mol. The highest BCUT2D eigenvalue weighted by molar-refractivity contribution is 5.93.